The quantitative estimate of drug-likeness (QED) is 0.865. The largest absolute Gasteiger partial charge is 0.449 e. The molecule has 2 aromatic rings. The van der Waals surface area contributed by atoms with E-state index >= 15 is 0 Å². The summed E-state index contributed by atoms with van der Waals surface area (Å²) in [6.45, 7) is 1.47. The summed E-state index contributed by atoms with van der Waals surface area (Å²) in [5.41, 5.74) is 0.745. The molecule has 0 bridgehead atoms. The zero-order valence-corrected chi connectivity index (χ0v) is 13.1. The lowest BCUT2D eigenvalue weighted by Gasteiger charge is -2.13. The molecule has 114 valence electrons. The third-order valence-electron chi connectivity index (χ3n) is 2.70. The first-order valence-corrected chi connectivity index (χ1v) is 7.09. The van der Waals surface area contributed by atoms with Gasteiger partial charge in [0.25, 0.3) is 5.91 Å². The number of esters is 1. The molecule has 1 aromatic heterocycles. The number of hydrogen-bond donors (Lipinski definition) is 1. The Hall–Kier alpha value is -2.11. The highest BCUT2D eigenvalue weighted by molar-refractivity contribution is 6.35. The summed E-state index contributed by atoms with van der Waals surface area (Å²) in [4.78, 5) is 27.7. The van der Waals surface area contributed by atoms with Crippen molar-refractivity contribution in [3.05, 3.63) is 58.3 Å². The first kappa shape index (κ1) is 16.3. The number of benzene rings is 1. The van der Waals surface area contributed by atoms with E-state index in [2.05, 4.69) is 10.3 Å². The van der Waals surface area contributed by atoms with Crippen LogP contribution in [0.25, 0.3) is 0 Å². The van der Waals surface area contributed by atoms with Crippen LogP contribution in [0.3, 0.4) is 0 Å². The van der Waals surface area contributed by atoms with Gasteiger partial charge in [0.15, 0.2) is 6.10 Å². The number of nitrogens with one attached hydrogen (secondary N) is 1. The van der Waals surface area contributed by atoms with Crippen LogP contribution in [0, 0.1) is 0 Å². The molecule has 0 saturated carbocycles. The van der Waals surface area contributed by atoms with Gasteiger partial charge < -0.3 is 10.1 Å². The molecular weight excluding hydrogens is 327 g/mol. The van der Waals surface area contributed by atoms with E-state index in [9.17, 15) is 9.59 Å². The van der Waals surface area contributed by atoms with Crippen molar-refractivity contribution in [3.8, 4) is 0 Å². The summed E-state index contributed by atoms with van der Waals surface area (Å²) < 4.78 is 5.09. The number of carbonyl (C=O) groups is 2. The van der Waals surface area contributed by atoms with Crippen molar-refractivity contribution in [2.45, 2.75) is 13.0 Å². The average Bonchev–Trinajstić information content (AvgIpc) is 2.46. The molecule has 2 rings (SSSR count). The molecule has 22 heavy (non-hydrogen) atoms. The second-order valence-electron chi connectivity index (χ2n) is 4.43. The zero-order chi connectivity index (χ0) is 16.1. The van der Waals surface area contributed by atoms with Crippen LogP contribution in [0.1, 0.15) is 17.3 Å². The lowest BCUT2D eigenvalue weighted by atomic mass is 10.2. The van der Waals surface area contributed by atoms with E-state index in [0.29, 0.717) is 21.3 Å². The molecule has 1 amide bonds. The fourth-order valence-corrected chi connectivity index (χ4v) is 2.17. The molecule has 0 aliphatic carbocycles. The topological polar surface area (TPSA) is 68.3 Å². The van der Waals surface area contributed by atoms with Crippen LogP contribution >= 0.6 is 23.2 Å². The van der Waals surface area contributed by atoms with Gasteiger partial charge in [-0.25, -0.2) is 4.79 Å². The van der Waals surface area contributed by atoms with Gasteiger partial charge in [-0.2, -0.15) is 0 Å². The molecular formula is C15H12Cl2N2O3. The lowest BCUT2D eigenvalue weighted by molar-refractivity contribution is -0.123. The number of nitrogens with zero attached hydrogens (tertiary/aromatic N) is 1. The number of halogens is 2. The maximum Gasteiger partial charge on any atom is 0.339 e. The highest BCUT2D eigenvalue weighted by Gasteiger charge is 2.19. The Morgan fingerprint density at radius 1 is 1.14 bits per heavy atom. The minimum Gasteiger partial charge on any atom is -0.449 e. The predicted molar refractivity (Wildman–Crippen MR) is 84.2 cm³/mol. The molecule has 0 fully saturated rings. The Bertz CT molecular complexity index is 672. The summed E-state index contributed by atoms with van der Waals surface area (Å²) in [6.07, 6.45) is 1.96. The van der Waals surface area contributed by atoms with E-state index in [1.54, 1.807) is 18.2 Å². The minimum absolute atomic E-state index is 0.320. The minimum atomic E-state index is -0.974. The van der Waals surface area contributed by atoms with Crippen molar-refractivity contribution in [1.82, 2.24) is 4.98 Å². The molecule has 0 radical (unpaired) electrons. The van der Waals surface area contributed by atoms with Gasteiger partial charge in [-0.15, -0.1) is 0 Å². The number of carbonyl (C=O) groups excluding carboxylic acids is 2. The first-order valence-electron chi connectivity index (χ1n) is 6.33. The molecule has 0 saturated heterocycles. The molecule has 1 heterocycles. The summed E-state index contributed by atoms with van der Waals surface area (Å²) in [5, 5.41) is 3.37. The Labute approximate surface area is 137 Å². The molecule has 0 spiro atoms. The van der Waals surface area contributed by atoms with Gasteiger partial charge in [0.2, 0.25) is 0 Å². The number of hydrogen-bond acceptors (Lipinski definition) is 4. The molecule has 0 aliphatic heterocycles. The molecule has 0 unspecified atom stereocenters. The lowest BCUT2D eigenvalue weighted by Crippen LogP contribution is -2.30. The maximum atomic E-state index is 12.0. The van der Waals surface area contributed by atoms with E-state index in [-0.39, 0.29) is 0 Å². The number of amides is 1. The summed E-state index contributed by atoms with van der Waals surface area (Å²) in [5.74, 6) is -1.09. The summed E-state index contributed by atoms with van der Waals surface area (Å²) >= 11 is 11.7. The normalized spacial score (nSPS) is 11.6. The van der Waals surface area contributed by atoms with Crippen molar-refractivity contribution >= 4 is 40.8 Å². The van der Waals surface area contributed by atoms with Crippen molar-refractivity contribution in [3.63, 3.8) is 0 Å². The number of rotatable bonds is 4. The second-order valence-corrected chi connectivity index (χ2v) is 5.30. The first-order chi connectivity index (χ1) is 10.5. The van der Waals surface area contributed by atoms with E-state index in [4.69, 9.17) is 27.9 Å². The Morgan fingerprint density at radius 3 is 2.32 bits per heavy atom. The van der Waals surface area contributed by atoms with E-state index in [1.807, 2.05) is 0 Å². The Kier molecular flexibility index (Phi) is 5.35. The highest BCUT2D eigenvalue weighted by atomic mass is 35.5. The van der Waals surface area contributed by atoms with Crippen molar-refractivity contribution in [2.24, 2.45) is 0 Å². The van der Waals surface area contributed by atoms with Gasteiger partial charge in [0.05, 0.1) is 5.56 Å². The van der Waals surface area contributed by atoms with Crippen LogP contribution < -0.4 is 5.32 Å². The molecule has 1 aromatic carbocycles. The predicted octanol–water partition coefficient (Wildman–Crippen LogP) is 3.57. The van der Waals surface area contributed by atoms with Gasteiger partial charge in [-0.3, -0.25) is 9.78 Å². The molecule has 0 aliphatic rings. The fourth-order valence-electron chi connectivity index (χ4n) is 1.64. The SMILES string of the molecule is C[C@H](OC(=O)c1ccncc1)C(=O)Nc1cc(Cl)cc(Cl)c1. The van der Waals surface area contributed by atoms with Crippen molar-refractivity contribution in [2.75, 3.05) is 5.32 Å². The molecule has 1 N–H and O–H groups in total. The Balaban J connectivity index is 1.99. The number of aromatic nitrogens is 1. The van der Waals surface area contributed by atoms with Crippen LogP contribution in [0.4, 0.5) is 5.69 Å². The van der Waals surface area contributed by atoms with Crippen molar-refractivity contribution in [1.29, 1.82) is 0 Å². The van der Waals surface area contributed by atoms with E-state index in [1.165, 1.54) is 31.5 Å². The van der Waals surface area contributed by atoms with Crippen LogP contribution in [0.15, 0.2) is 42.7 Å². The maximum absolute atomic E-state index is 12.0. The monoisotopic (exact) mass is 338 g/mol. The fraction of sp³-hybridized carbons (Fsp3) is 0.133. The molecule has 5 nitrogen and oxygen atoms in total. The third-order valence-corrected chi connectivity index (χ3v) is 3.14. The van der Waals surface area contributed by atoms with E-state index < -0.39 is 18.0 Å². The zero-order valence-electron chi connectivity index (χ0n) is 11.5. The smallest absolute Gasteiger partial charge is 0.339 e. The standard InChI is InChI=1S/C15H12Cl2N2O3/c1-9(22-15(21)10-2-4-18-5-3-10)14(20)19-13-7-11(16)6-12(17)8-13/h2-9H,1H3,(H,19,20)/t9-/m0/s1. The van der Waals surface area contributed by atoms with Gasteiger partial charge in [0, 0.05) is 28.1 Å². The number of pyridine rings is 1. The van der Waals surface area contributed by atoms with Crippen LogP contribution in [0.2, 0.25) is 10.0 Å². The van der Waals surface area contributed by atoms with Crippen LogP contribution in [-0.4, -0.2) is 23.0 Å². The van der Waals surface area contributed by atoms with Gasteiger partial charge >= 0.3 is 5.97 Å². The summed E-state index contributed by atoms with van der Waals surface area (Å²) in [6, 6.07) is 7.64. The van der Waals surface area contributed by atoms with E-state index in [0.717, 1.165) is 0 Å². The van der Waals surface area contributed by atoms with Crippen molar-refractivity contribution < 1.29 is 14.3 Å². The summed E-state index contributed by atoms with van der Waals surface area (Å²) in [7, 11) is 0. The molecule has 1 atom stereocenters. The van der Waals surface area contributed by atoms with Crippen LogP contribution in [-0.2, 0) is 9.53 Å². The van der Waals surface area contributed by atoms with Gasteiger partial charge in [-0.1, -0.05) is 23.2 Å². The average molecular weight is 339 g/mol. The van der Waals surface area contributed by atoms with Gasteiger partial charge in [-0.05, 0) is 37.3 Å². The molecule has 7 heteroatoms. The number of anilines is 1. The Morgan fingerprint density at radius 2 is 1.73 bits per heavy atom. The second kappa shape index (κ2) is 7.24. The third kappa shape index (κ3) is 4.44. The van der Waals surface area contributed by atoms with Gasteiger partial charge in [0.1, 0.15) is 0 Å². The highest BCUT2D eigenvalue weighted by Crippen LogP contribution is 2.22. The van der Waals surface area contributed by atoms with Crippen LogP contribution in [0.5, 0.6) is 0 Å². The number of ether oxygens (including phenoxy) is 1.